The number of hydrogen-bond donors (Lipinski definition) is 1. The van der Waals surface area contributed by atoms with Crippen LogP contribution in [0.1, 0.15) is 13.3 Å². The predicted molar refractivity (Wildman–Crippen MR) is 69.1 cm³/mol. The SMILES string of the molecule is CCC(COC)Nc1ccc(OC)c(OC)c1. The first-order valence-corrected chi connectivity index (χ1v) is 5.72. The Morgan fingerprint density at radius 3 is 2.35 bits per heavy atom. The first-order valence-electron chi connectivity index (χ1n) is 5.72. The topological polar surface area (TPSA) is 39.7 Å². The second-order valence-corrected chi connectivity index (χ2v) is 3.77. The third-order valence-corrected chi connectivity index (χ3v) is 2.61. The first kappa shape index (κ1) is 13.6. The van der Waals surface area contributed by atoms with Crippen molar-refractivity contribution >= 4 is 5.69 Å². The van der Waals surface area contributed by atoms with Crippen LogP contribution in [0, 0.1) is 0 Å². The smallest absolute Gasteiger partial charge is 0.162 e. The number of anilines is 1. The summed E-state index contributed by atoms with van der Waals surface area (Å²) in [6.07, 6.45) is 1.00. The minimum Gasteiger partial charge on any atom is -0.493 e. The van der Waals surface area contributed by atoms with Crippen molar-refractivity contribution in [3.05, 3.63) is 18.2 Å². The van der Waals surface area contributed by atoms with E-state index in [2.05, 4.69) is 12.2 Å². The maximum Gasteiger partial charge on any atom is 0.162 e. The van der Waals surface area contributed by atoms with Gasteiger partial charge >= 0.3 is 0 Å². The lowest BCUT2D eigenvalue weighted by Gasteiger charge is -2.18. The molecule has 1 rings (SSSR count). The van der Waals surface area contributed by atoms with E-state index in [1.54, 1.807) is 21.3 Å². The van der Waals surface area contributed by atoms with Gasteiger partial charge in [-0.25, -0.2) is 0 Å². The van der Waals surface area contributed by atoms with Crippen LogP contribution in [0.25, 0.3) is 0 Å². The maximum absolute atomic E-state index is 5.26. The normalized spacial score (nSPS) is 12.0. The molecule has 0 spiro atoms. The van der Waals surface area contributed by atoms with Crippen LogP contribution in [0.4, 0.5) is 5.69 Å². The third-order valence-electron chi connectivity index (χ3n) is 2.61. The van der Waals surface area contributed by atoms with Crippen LogP contribution in [0.15, 0.2) is 18.2 Å². The second-order valence-electron chi connectivity index (χ2n) is 3.77. The van der Waals surface area contributed by atoms with Gasteiger partial charge in [0.25, 0.3) is 0 Å². The van der Waals surface area contributed by atoms with Gasteiger partial charge in [0.2, 0.25) is 0 Å². The van der Waals surface area contributed by atoms with Crippen LogP contribution in [0.5, 0.6) is 11.5 Å². The molecule has 0 fully saturated rings. The molecule has 0 radical (unpaired) electrons. The standard InChI is InChI=1S/C13H21NO3/c1-5-10(9-15-2)14-11-6-7-12(16-3)13(8-11)17-4/h6-8,10,14H,5,9H2,1-4H3. The van der Waals surface area contributed by atoms with Crippen LogP contribution in [-0.2, 0) is 4.74 Å². The van der Waals surface area contributed by atoms with E-state index >= 15 is 0 Å². The van der Waals surface area contributed by atoms with Crippen LogP contribution in [0.3, 0.4) is 0 Å². The van der Waals surface area contributed by atoms with Crippen molar-refractivity contribution in [2.75, 3.05) is 33.3 Å². The largest absolute Gasteiger partial charge is 0.493 e. The van der Waals surface area contributed by atoms with Crippen molar-refractivity contribution < 1.29 is 14.2 Å². The molecule has 0 aliphatic heterocycles. The fraction of sp³-hybridized carbons (Fsp3) is 0.538. The quantitative estimate of drug-likeness (QED) is 0.793. The molecule has 0 amide bonds. The monoisotopic (exact) mass is 239 g/mol. The van der Waals surface area contributed by atoms with Gasteiger partial charge in [-0.05, 0) is 18.6 Å². The summed E-state index contributed by atoms with van der Waals surface area (Å²) in [4.78, 5) is 0. The van der Waals surface area contributed by atoms with Gasteiger partial charge in [0.05, 0.1) is 20.8 Å². The van der Waals surface area contributed by atoms with E-state index in [9.17, 15) is 0 Å². The Balaban J connectivity index is 2.77. The molecule has 0 heterocycles. The van der Waals surface area contributed by atoms with Crippen LogP contribution in [0.2, 0.25) is 0 Å². The van der Waals surface area contributed by atoms with Crippen LogP contribution in [-0.4, -0.2) is 34.0 Å². The van der Waals surface area contributed by atoms with Gasteiger partial charge in [-0.15, -0.1) is 0 Å². The second kappa shape index (κ2) is 7.01. The van der Waals surface area contributed by atoms with Gasteiger partial charge in [-0.3, -0.25) is 0 Å². The third kappa shape index (κ3) is 3.82. The van der Waals surface area contributed by atoms with Crippen LogP contribution < -0.4 is 14.8 Å². The van der Waals surface area contributed by atoms with Crippen molar-refractivity contribution in [1.82, 2.24) is 0 Å². The van der Waals surface area contributed by atoms with E-state index in [1.165, 1.54) is 0 Å². The van der Waals surface area contributed by atoms with Gasteiger partial charge < -0.3 is 19.5 Å². The lowest BCUT2D eigenvalue weighted by Crippen LogP contribution is -2.23. The molecule has 1 aromatic carbocycles. The van der Waals surface area contributed by atoms with E-state index < -0.39 is 0 Å². The zero-order valence-corrected chi connectivity index (χ0v) is 10.9. The highest BCUT2D eigenvalue weighted by Crippen LogP contribution is 2.30. The average molecular weight is 239 g/mol. The first-order chi connectivity index (χ1) is 8.24. The summed E-state index contributed by atoms with van der Waals surface area (Å²) in [5.74, 6) is 1.46. The van der Waals surface area contributed by atoms with E-state index in [4.69, 9.17) is 14.2 Å². The highest BCUT2D eigenvalue weighted by Gasteiger charge is 2.08. The van der Waals surface area contributed by atoms with Gasteiger partial charge in [-0.1, -0.05) is 6.92 Å². The fourth-order valence-electron chi connectivity index (χ4n) is 1.62. The van der Waals surface area contributed by atoms with E-state index in [1.807, 2.05) is 18.2 Å². The molecule has 0 aliphatic rings. The van der Waals surface area contributed by atoms with Crippen LogP contribution >= 0.6 is 0 Å². The molecule has 1 unspecified atom stereocenters. The molecule has 1 aromatic rings. The van der Waals surface area contributed by atoms with Gasteiger partial charge in [-0.2, -0.15) is 0 Å². The average Bonchev–Trinajstić information content (AvgIpc) is 2.38. The number of ether oxygens (including phenoxy) is 3. The van der Waals surface area contributed by atoms with Crippen molar-refractivity contribution in [3.8, 4) is 11.5 Å². The lowest BCUT2D eigenvalue weighted by molar-refractivity contribution is 0.184. The molecular formula is C13H21NO3. The predicted octanol–water partition coefficient (Wildman–Crippen LogP) is 2.54. The zero-order valence-electron chi connectivity index (χ0n) is 10.9. The van der Waals surface area contributed by atoms with Gasteiger partial charge in [0, 0.05) is 24.9 Å². The molecular weight excluding hydrogens is 218 g/mol. The summed E-state index contributed by atoms with van der Waals surface area (Å²) < 4.78 is 15.6. The number of benzene rings is 1. The van der Waals surface area contributed by atoms with E-state index in [-0.39, 0.29) is 0 Å². The molecule has 0 aromatic heterocycles. The number of rotatable bonds is 7. The Hall–Kier alpha value is -1.42. The van der Waals surface area contributed by atoms with Crippen molar-refractivity contribution in [2.24, 2.45) is 0 Å². The Morgan fingerprint density at radius 2 is 1.82 bits per heavy atom. The molecule has 4 nitrogen and oxygen atoms in total. The summed E-state index contributed by atoms with van der Waals surface area (Å²) >= 11 is 0. The number of hydrogen-bond acceptors (Lipinski definition) is 4. The molecule has 17 heavy (non-hydrogen) atoms. The highest BCUT2D eigenvalue weighted by molar-refractivity contribution is 5.55. The molecule has 1 N–H and O–H groups in total. The summed E-state index contributed by atoms with van der Waals surface area (Å²) in [7, 11) is 4.97. The Bertz CT molecular complexity index is 341. The molecule has 96 valence electrons. The summed E-state index contributed by atoms with van der Waals surface area (Å²) in [6.45, 7) is 2.81. The maximum atomic E-state index is 5.26. The Labute approximate surface area is 103 Å². The molecule has 4 heteroatoms. The lowest BCUT2D eigenvalue weighted by atomic mass is 10.2. The van der Waals surface area contributed by atoms with Gasteiger partial charge in [0.1, 0.15) is 0 Å². The fourth-order valence-corrected chi connectivity index (χ4v) is 1.62. The minimum absolute atomic E-state index is 0.304. The summed E-state index contributed by atoms with van der Waals surface area (Å²) in [6, 6.07) is 6.09. The Kier molecular flexibility index (Phi) is 5.63. The van der Waals surface area contributed by atoms with Gasteiger partial charge in [0.15, 0.2) is 11.5 Å². The number of methoxy groups -OCH3 is 3. The molecule has 0 bridgehead atoms. The summed E-state index contributed by atoms with van der Waals surface area (Å²) in [5, 5.41) is 3.40. The zero-order chi connectivity index (χ0) is 12.7. The summed E-state index contributed by atoms with van der Waals surface area (Å²) in [5.41, 5.74) is 1.01. The number of nitrogens with one attached hydrogen (secondary N) is 1. The van der Waals surface area contributed by atoms with Crippen molar-refractivity contribution in [3.63, 3.8) is 0 Å². The highest BCUT2D eigenvalue weighted by atomic mass is 16.5. The van der Waals surface area contributed by atoms with E-state index in [0.717, 1.165) is 23.6 Å². The molecule has 1 atom stereocenters. The molecule has 0 saturated carbocycles. The van der Waals surface area contributed by atoms with E-state index in [0.29, 0.717) is 12.6 Å². The molecule has 0 aliphatic carbocycles. The minimum atomic E-state index is 0.304. The molecule has 0 saturated heterocycles. The Morgan fingerprint density at radius 1 is 1.12 bits per heavy atom. The van der Waals surface area contributed by atoms with Crippen molar-refractivity contribution in [1.29, 1.82) is 0 Å². The van der Waals surface area contributed by atoms with Crippen molar-refractivity contribution in [2.45, 2.75) is 19.4 Å².